The molecule has 0 saturated heterocycles. The molecule has 5 nitrogen and oxygen atoms in total. The van der Waals surface area contributed by atoms with E-state index in [1.807, 2.05) is 19.1 Å². The Morgan fingerprint density at radius 3 is 2.18 bits per heavy atom. The minimum atomic E-state index is -0.644. The highest BCUT2D eigenvalue weighted by atomic mass is 16.5. The SMILES string of the molecule is COc1ccc(C2=NN(c3ccc(C)cc3)C(=O)C2=O)cc1. The fourth-order valence-corrected chi connectivity index (χ4v) is 2.19. The van der Waals surface area contributed by atoms with Crippen molar-refractivity contribution in [2.75, 3.05) is 12.1 Å². The molecule has 110 valence electrons. The van der Waals surface area contributed by atoms with Crippen molar-refractivity contribution in [3.63, 3.8) is 0 Å². The Balaban J connectivity index is 1.97. The maximum atomic E-state index is 12.2. The van der Waals surface area contributed by atoms with Gasteiger partial charge in [-0.15, -0.1) is 0 Å². The van der Waals surface area contributed by atoms with Crippen LogP contribution in [0.5, 0.6) is 5.75 Å². The van der Waals surface area contributed by atoms with Crippen LogP contribution in [0.2, 0.25) is 0 Å². The number of aryl methyl sites for hydroxylation is 1. The van der Waals surface area contributed by atoms with Crippen molar-refractivity contribution < 1.29 is 14.3 Å². The van der Waals surface area contributed by atoms with E-state index in [0.29, 0.717) is 17.0 Å². The van der Waals surface area contributed by atoms with Gasteiger partial charge in [0.25, 0.3) is 5.78 Å². The number of rotatable bonds is 3. The lowest BCUT2D eigenvalue weighted by molar-refractivity contribution is -0.131. The summed E-state index contributed by atoms with van der Waals surface area (Å²) in [5.41, 5.74) is 2.38. The number of carbonyl (C=O) groups is 2. The topological polar surface area (TPSA) is 59.0 Å². The van der Waals surface area contributed by atoms with Crippen molar-refractivity contribution in [2.45, 2.75) is 6.92 Å². The molecule has 3 rings (SSSR count). The van der Waals surface area contributed by atoms with Gasteiger partial charge in [-0.25, -0.2) is 0 Å². The lowest BCUT2D eigenvalue weighted by Gasteiger charge is -2.10. The molecule has 0 saturated carbocycles. The van der Waals surface area contributed by atoms with E-state index in [-0.39, 0.29) is 5.71 Å². The summed E-state index contributed by atoms with van der Waals surface area (Å²) in [6, 6.07) is 14.1. The van der Waals surface area contributed by atoms with Crippen LogP contribution in [0.15, 0.2) is 53.6 Å². The normalized spacial score (nSPS) is 14.3. The molecule has 0 atom stereocenters. The van der Waals surface area contributed by atoms with Crippen molar-refractivity contribution in [1.29, 1.82) is 0 Å². The molecular formula is C17H14N2O3. The summed E-state index contributed by atoms with van der Waals surface area (Å²) in [5.74, 6) is -0.572. The number of nitrogens with zero attached hydrogens (tertiary/aromatic N) is 2. The Hall–Kier alpha value is -2.95. The van der Waals surface area contributed by atoms with E-state index in [4.69, 9.17) is 4.74 Å². The highest BCUT2D eigenvalue weighted by Crippen LogP contribution is 2.22. The second-order valence-electron chi connectivity index (χ2n) is 4.96. The van der Waals surface area contributed by atoms with E-state index in [1.54, 1.807) is 43.5 Å². The molecule has 0 spiro atoms. The molecule has 0 aliphatic carbocycles. The molecular weight excluding hydrogens is 280 g/mol. The van der Waals surface area contributed by atoms with E-state index >= 15 is 0 Å². The summed E-state index contributed by atoms with van der Waals surface area (Å²) in [6.07, 6.45) is 0. The molecule has 2 aromatic rings. The number of ketones is 1. The highest BCUT2D eigenvalue weighted by molar-refractivity contribution is 6.72. The number of hydrogen-bond acceptors (Lipinski definition) is 4. The summed E-state index contributed by atoms with van der Waals surface area (Å²) >= 11 is 0. The van der Waals surface area contributed by atoms with E-state index in [2.05, 4.69) is 5.10 Å². The smallest absolute Gasteiger partial charge is 0.321 e. The number of benzene rings is 2. The van der Waals surface area contributed by atoms with Gasteiger partial charge in [0.1, 0.15) is 11.5 Å². The van der Waals surface area contributed by atoms with Gasteiger partial charge < -0.3 is 4.74 Å². The molecule has 22 heavy (non-hydrogen) atoms. The van der Waals surface area contributed by atoms with Crippen LogP contribution in [-0.4, -0.2) is 24.5 Å². The molecule has 1 amide bonds. The molecule has 0 unspecified atom stereocenters. The van der Waals surface area contributed by atoms with Gasteiger partial charge in [-0.05, 0) is 43.3 Å². The lowest BCUT2D eigenvalue weighted by atomic mass is 10.1. The third-order valence-electron chi connectivity index (χ3n) is 3.44. The predicted octanol–water partition coefficient (Wildman–Crippen LogP) is 2.32. The summed E-state index contributed by atoms with van der Waals surface area (Å²) in [5, 5.41) is 5.33. The highest BCUT2D eigenvalue weighted by Gasteiger charge is 2.35. The Bertz CT molecular complexity index is 761. The first-order valence-corrected chi connectivity index (χ1v) is 6.78. The average Bonchev–Trinajstić information content (AvgIpc) is 2.84. The second kappa shape index (κ2) is 5.44. The Morgan fingerprint density at radius 2 is 1.59 bits per heavy atom. The van der Waals surface area contributed by atoms with Crippen LogP contribution >= 0.6 is 0 Å². The van der Waals surface area contributed by atoms with Crippen LogP contribution in [0.3, 0.4) is 0 Å². The molecule has 0 radical (unpaired) electrons. The quantitative estimate of drug-likeness (QED) is 0.816. The molecule has 0 N–H and O–H groups in total. The largest absolute Gasteiger partial charge is 0.497 e. The zero-order valence-electron chi connectivity index (χ0n) is 12.2. The number of ether oxygens (including phenoxy) is 1. The fourth-order valence-electron chi connectivity index (χ4n) is 2.19. The maximum Gasteiger partial charge on any atom is 0.321 e. The van der Waals surface area contributed by atoms with E-state index in [9.17, 15) is 9.59 Å². The third-order valence-corrected chi connectivity index (χ3v) is 3.44. The van der Waals surface area contributed by atoms with E-state index in [0.717, 1.165) is 10.6 Å². The van der Waals surface area contributed by atoms with Crippen LogP contribution < -0.4 is 9.75 Å². The Labute approximate surface area is 127 Å². The van der Waals surface area contributed by atoms with Crippen LogP contribution in [0.25, 0.3) is 0 Å². The second-order valence-corrected chi connectivity index (χ2v) is 4.96. The maximum absolute atomic E-state index is 12.2. The number of amides is 1. The Morgan fingerprint density at radius 1 is 0.955 bits per heavy atom. The van der Waals surface area contributed by atoms with Crippen molar-refractivity contribution in [3.8, 4) is 5.75 Å². The molecule has 1 aliphatic rings. The van der Waals surface area contributed by atoms with Crippen LogP contribution in [0.4, 0.5) is 5.69 Å². The van der Waals surface area contributed by atoms with Gasteiger partial charge in [0.05, 0.1) is 12.8 Å². The number of methoxy groups -OCH3 is 1. The third kappa shape index (κ3) is 2.37. The fraction of sp³-hybridized carbons (Fsp3) is 0.118. The molecule has 0 bridgehead atoms. The van der Waals surface area contributed by atoms with Gasteiger partial charge in [0.15, 0.2) is 0 Å². The first-order valence-electron chi connectivity index (χ1n) is 6.78. The number of hydrogen-bond donors (Lipinski definition) is 0. The van der Waals surface area contributed by atoms with E-state index < -0.39 is 11.7 Å². The number of anilines is 1. The average molecular weight is 294 g/mol. The zero-order valence-corrected chi connectivity index (χ0v) is 12.2. The summed E-state index contributed by atoms with van der Waals surface area (Å²) in [7, 11) is 1.57. The minimum absolute atomic E-state index is 0.147. The van der Waals surface area contributed by atoms with E-state index in [1.165, 1.54) is 0 Å². The number of Topliss-reactive ketones (excluding diaryl/α,β-unsaturated/α-hetero) is 1. The van der Waals surface area contributed by atoms with Gasteiger partial charge in [-0.2, -0.15) is 10.1 Å². The lowest BCUT2D eigenvalue weighted by Crippen LogP contribution is -2.27. The molecule has 1 aliphatic heterocycles. The standard InChI is InChI=1S/C17H14N2O3/c1-11-3-7-13(8-4-11)19-17(21)16(20)15(18-19)12-5-9-14(22-2)10-6-12/h3-10H,1-2H3. The predicted molar refractivity (Wildman–Crippen MR) is 83.2 cm³/mol. The first-order chi connectivity index (χ1) is 10.6. The molecule has 0 aromatic heterocycles. The van der Waals surface area contributed by atoms with Crippen LogP contribution in [0, 0.1) is 6.92 Å². The molecule has 5 heteroatoms. The van der Waals surface area contributed by atoms with Crippen molar-refractivity contribution in [1.82, 2.24) is 0 Å². The number of hydrazone groups is 1. The van der Waals surface area contributed by atoms with Crippen molar-refractivity contribution in [3.05, 3.63) is 59.7 Å². The summed E-state index contributed by atoms with van der Waals surface area (Å²) in [6.45, 7) is 1.95. The molecule has 1 heterocycles. The first kappa shape index (κ1) is 14.0. The monoisotopic (exact) mass is 294 g/mol. The Kier molecular flexibility index (Phi) is 3.47. The van der Waals surface area contributed by atoms with Gasteiger partial charge in [-0.1, -0.05) is 17.7 Å². The summed E-state index contributed by atoms with van der Waals surface area (Å²) < 4.78 is 5.08. The van der Waals surface area contributed by atoms with Crippen molar-refractivity contribution in [2.24, 2.45) is 5.10 Å². The van der Waals surface area contributed by atoms with Gasteiger partial charge >= 0.3 is 5.91 Å². The van der Waals surface area contributed by atoms with Gasteiger partial charge in [0, 0.05) is 5.56 Å². The number of carbonyl (C=O) groups excluding carboxylic acids is 2. The van der Waals surface area contributed by atoms with Crippen LogP contribution in [-0.2, 0) is 9.59 Å². The van der Waals surface area contributed by atoms with Crippen molar-refractivity contribution >= 4 is 23.1 Å². The van der Waals surface area contributed by atoms with Crippen LogP contribution in [0.1, 0.15) is 11.1 Å². The molecule has 2 aromatic carbocycles. The summed E-state index contributed by atoms with van der Waals surface area (Å²) in [4.78, 5) is 24.3. The minimum Gasteiger partial charge on any atom is -0.497 e. The molecule has 0 fully saturated rings. The van der Waals surface area contributed by atoms with Gasteiger partial charge in [0.2, 0.25) is 0 Å². The van der Waals surface area contributed by atoms with Gasteiger partial charge in [-0.3, -0.25) is 9.59 Å². The zero-order chi connectivity index (χ0) is 15.7.